The van der Waals surface area contributed by atoms with E-state index in [-0.39, 0.29) is 0 Å². The van der Waals surface area contributed by atoms with Crippen molar-refractivity contribution < 1.29 is 0 Å². The normalized spacial score (nSPS) is 10.9. The summed E-state index contributed by atoms with van der Waals surface area (Å²) in [6.45, 7) is 1.57. The number of nitrogens with one attached hydrogen (secondary N) is 1. The first-order chi connectivity index (χ1) is 6.83. The summed E-state index contributed by atoms with van der Waals surface area (Å²) in [6.07, 6.45) is 1.66. The highest BCUT2D eigenvalue weighted by Crippen LogP contribution is 2.14. The standard InChI is InChI=1S/C8H12N6/c1-10-4-5-14-8-7(12-13-14)6(9)2-3-11-8/h2-3,10H,4-5H2,1H3,(H2,9,11). The van der Waals surface area contributed by atoms with Crippen molar-refractivity contribution in [1.82, 2.24) is 25.3 Å². The van der Waals surface area contributed by atoms with Gasteiger partial charge in [-0.1, -0.05) is 5.21 Å². The molecule has 74 valence electrons. The largest absolute Gasteiger partial charge is 0.397 e. The van der Waals surface area contributed by atoms with Gasteiger partial charge in [0.25, 0.3) is 0 Å². The average molecular weight is 192 g/mol. The number of nitrogen functional groups attached to an aromatic ring is 1. The number of hydrogen-bond donors (Lipinski definition) is 2. The van der Waals surface area contributed by atoms with Gasteiger partial charge in [-0.25, -0.2) is 9.67 Å². The lowest BCUT2D eigenvalue weighted by Gasteiger charge is -1.99. The Morgan fingerprint density at radius 1 is 1.57 bits per heavy atom. The van der Waals surface area contributed by atoms with Gasteiger partial charge in [0.15, 0.2) is 11.2 Å². The van der Waals surface area contributed by atoms with Gasteiger partial charge in [-0.3, -0.25) is 0 Å². The molecule has 0 saturated carbocycles. The zero-order valence-corrected chi connectivity index (χ0v) is 7.94. The van der Waals surface area contributed by atoms with E-state index in [9.17, 15) is 0 Å². The summed E-state index contributed by atoms with van der Waals surface area (Å²) in [6, 6.07) is 1.72. The minimum absolute atomic E-state index is 0.616. The van der Waals surface area contributed by atoms with Crippen LogP contribution in [0, 0.1) is 0 Å². The molecular weight excluding hydrogens is 180 g/mol. The Morgan fingerprint density at radius 3 is 3.21 bits per heavy atom. The number of aromatic nitrogens is 4. The number of rotatable bonds is 3. The van der Waals surface area contributed by atoms with Gasteiger partial charge < -0.3 is 11.1 Å². The quantitative estimate of drug-likeness (QED) is 0.693. The predicted octanol–water partition coefficient (Wildman–Crippen LogP) is -0.372. The van der Waals surface area contributed by atoms with E-state index < -0.39 is 0 Å². The molecule has 3 N–H and O–H groups in total. The fourth-order valence-corrected chi connectivity index (χ4v) is 1.26. The zero-order valence-electron chi connectivity index (χ0n) is 7.94. The first-order valence-electron chi connectivity index (χ1n) is 4.41. The minimum atomic E-state index is 0.616. The highest BCUT2D eigenvalue weighted by molar-refractivity contribution is 5.82. The van der Waals surface area contributed by atoms with E-state index in [4.69, 9.17) is 5.73 Å². The van der Waals surface area contributed by atoms with E-state index >= 15 is 0 Å². The van der Waals surface area contributed by atoms with Gasteiger partial charge in [-0.05, 0) is 13.1 Å². The van der Waals surface area contributed by atoms with E-state index in [2.05, 4.69) is 20.6 Å². The molecule has 0 radical (unpaired) electrons. The second-order valence-electron chi connectivity index (χ2n) is 2.99. The molecule has 0 unspecified atom stereocenters. The van der Waals surface area contributed by atoms with Crippen molar-refractivity contribution in [2.45, 2.75) is 6.54 Å². The van der Waals surface area contributed by atoms with Crippen molar-refractivity contribution in [3.8, 4) is 0 Å². The van der Waals surface area contributed by atoms with E-state index in [1.54, 1.807) is 16.9 Å². The van der Waals surface area contributed by atoms with Gasteiger partial charge in [0.1, 0.15) is 0 Å². The maximum absolute atomic E-state index is 5.73. The first kappa shape index (κ1) is 8.89. The minimum Gasteiger partial charge on any atom is -0.397 e. The number of nitrogens with zero attached hydrogens (tertiary/aromatic N) is 4. The van der Waals surface area contributed by atoms with Crippen LogP contribution in [0.3, 0.4) is 0 Å². The van der Waals surface area contributed by atoms with Gasteiger partial charge in [0.05, 0.1) is 12.2 Å². The molecular formula is C8H12N6. The second kappa shape index (κ2) is 3.59. The number of anilines is 1. The van der Waals surface area contributed by atoms with Crippen LogP contribution in [0.1, 0.15) is 0 Å². The molecule has 2 aromatic rings. The van der Waals surface area contributed by atoms with E-state index in [0.29, 0.717) is 11.2 Å². The molecule has 0 atom stereocenters. The molecule has 6 nitrogen and oxygen atoms in total. The number of likely N-dealkylation sites (N-methyl/N-ethyl adjacent to an activating group) is 1. The topological polar surface area (TPSA) is 81.7 Å². The van der Waals surface area contributed by atoms with Crippen molar-refractivity contribution in [3.05, 3.63) is 12.3 Å². The summed E-state index contributed by atoms with van der Waals surface area (Å²) >= 11 is 0. The van der Waals surface area contributed by atoms with Crippen LogP contribution in [0.2, 0.25) is 0 Å². The van der Waals surface area contributed by atoms with Crippen molar-refractivity contribution in [1.29, 1.82) is 0 Å². The molecule has 0 aromatic carbocycles. The molecule has 0 spiro atoms. The molecule has 0 aliphatic carbocycles. The van der Waals surface area contributed by atoms with Crippen LogP contribution in [0.5, 0.6) is 0 Å². The Bertz CT molecular complexity index is 434. The lowest BCUT2D eigenvalue weighted by molar-refractivity contribution is 0.576. The van der Waals surface area contributed by atoms with Gasteiger partial charge in [0.2, 0.25) is 0 Å². The second-order valence-corrected chi connectivity index (χ2v) is 2.99. The maximum atomic E-state index is 5.73. The van der Waals surface area contributed by atoms with Gasteiger partial charge in [0, 0.05) is 12.7 Å². The summed E-state index contributed by atoms with van der Waals surface area (Å²) in [7, 11) is 1.89. The molecule has 2 aromatic heterocycles. The molecule has 0 aliphatic rings. The van der Waals surface area contributed by atoms with Crippen LogP contribution in [0.4, 0.5) is 5.69 Å². The van der Waals surface area contributed by atoms with E-state index in [0.717, 1.165) is 18.7 Å². The van der Waals surface area contributed by atoms with E-state index in [1.807, 2.05) is 7.05 Å². The van der Waals surface area contributed by atoms with Crippen molar-refractivity contribution in [2.75, 3.05) is 19.3 Å². The Labute approximate surface area is 81.1 Å². The smallest absolute Gasteiger partial charge is 0.180 e. The van der Waals surface area contributed by atoms with Crippen LogP contribution >= 0.6 is 0 Å². The fraction of sp³-hybridized carbons (Fsp3) is 0.375. The lowest BCUT2D eigenvalue weighted by atomic mass is 10.4. The fourth-order valence-electron chi connectivity index (χ4n) is 1.26. The van der Waals surface area contributed by atoms with Crippen molar-refractivity contribution in [3.63, 3.8) is 0 Å². The Hall–Kier alpha value is -1.69. The highest BCUT2D eigenvalue weighted by atomic mass is 15.4. The third-order valence-corrected chi connectivity index (χ3v) is 2.01. The Kier molecular flexibility index (Phi) is 2.28. The third kappa shape index (κ3) is 1.39. The summed E-state index contributed by atoms with van der Waals surface area (Å²) in [5.74, 6) is 0. The predicted molar refractivity (Wildman–Crippen MR) is 53.7 cm³/mol. The summed E-state index contributed by atoms with van der Waals surface area (Å²) in [5.41, 5.74) is 7.75. The molecule has 0 bridgehead atoms. The van der Waals surface area contributed by atoms with Crippen LogP contribution in [-0.4, -0.2) is 33.6 Å². The summed E-state index contributed by atoms with van der Waals surface area (Å²) < 4.78 is 1.74. The maximum Gasteiger partial charge on any atom is 0.180 e. The monoisotopic (exact) mass is 192 g/mol. The van der Waals surface area contributed by atoms with Crippen LogP contribution in [0.15, 0.2) is 12.3 Å². The molecule has 0 aliphatic heterocycles. The summed E-state index contributed by atoms with van der Waals surface area (Å²) in [5, 5.41) is 11.0. The molecule has 0 amide bonds. The molecule has 14 heavy (non-hydrogen) atoms. The van der Waals surface area contributed by atoms with Crippen LogP contribution in [-0.2, 0) is 6.54 Å². The molecule has 2 heterocycles. The van der Waals surface area contributed by atoms with Crippen LogP contribution in [0.25, 0.3) is 11.2 Å². The molecule has 0 saturated heterocycles. The van der Waals surface area contributed by atoms with E-state index in [1.165, 1.54) is 0 Å². The number of nitrogens with two attached hydrogens (primary N) is 1. The Balaban J connectivity index is 2.42. The van der Waals surface area contributed by atoms with Crippen molar-refractivity contribution in [2.24, 2.45) is 0 Å². The Morgan fingerprint density at radius 2 is 2.43 bits per heavy atom. The van der Waals surface area contributed by atoms with Gasteiger partial charge in [-0.2, -0.15) is 0 Å². The highest BCUT2D eigenvalue weighted by Gasteiger charge is 2.06. The van der Waals surface area contributed by atoms with Crippen LogP contribution < -0.4 is 11.1 Å². The molecule has 2 rings (SSSR count). The van der Waals surface area contributed by atoms with Gasteiger partial charge >= 0.3 is 0 Å². The van der Waals surface area contributed by atoms with Crippen molar-refractivity contribution >= 4 is 16.9 Å². The first-order valence-corrected chi connectivity index (χ1v) is 4.41. The SMILES string of the molecule is CNCCn1nnc2c(N)ccnc21. The molecule has 6 heteroatoms. The number of hydrogen-bond acceptors (Lipinski definition) is 5. The molecule has 0 fully saturated rings. The lowest BCUT2D eigenvalue weighted by Crippen LogP contribution is -2.16. The number of fused-ring (bicyclic) bond motifs is 1. The number of pyridine rings is 1. The average Bonchev–Trinajstić information content (AvgIpc) is 2.60. The summed E-state index contributed by atoms with van der Waals surface area (Å²) in [4.78, 5) is 4.19. The zero-order chi connectivity index (χ0) is 9.97. The third-order valence-electron chi connectivity index (χ3n) is 2.01. The van der Waals surface area contributed by atoms with Gasteiger partial charge in [-0.15, -0.1) is 5.10 Å².